The number of benzene rings is 1. The molecule has 0 saturated carbocycles. The summed E-state index contributed by atoms with van der Waals surface area (Å²) in [6.45, 7) is 0. The summed E-state index contributed by atoms with van der Waals surface area (Å²) in [5.74, 6) is 1.19. The molecule has 0 atom stereocenters. The molecule has 0 unspecified atom stereocenters. The number of anilines is 3. The van der Waals surface area contributed by atoms with Crippen molar-refractivity contribution in [1.29, 1.82) is 0 Å². The van der Waals surface area contributed by atoms with E-state index in [0.29, 0.717) is 22.4 Å². The van der Waals surface area contributed by atoms with Crippen LogP contribution in [0.4, 0.5) is 17.2 Å². The highest BCUT2D eigenvalue weighted by Gasteiger charge is 2.07. The van der Waals surface area contributed by atoms with Crippen molar-refractivity contribution in [3.8, 4) is 5.75 Å². The number of nitrogens with zero attached hydrogens (tertiary/aromatic N) is 1. The average Bonchev–Trinajstić information content (AvgIpc) is 2.34. The van der Waals surface area contributed by atoms with E-state index in [-0.39, 0.29) is 0 Å². The predicted octanol–water partition coefficient (Wildman–Crippen LogP) is 3.83. The number of nitrogens with two attached hydrogens (primary N) is 1. The van der Waals surface area contributed by atoms with Gasteiger partial charge in [0, 0.05) is 4.47 Å². The maximum absolute atomic E-state index is 5.84. The lowest BCUT2D eigenvalue weighted by Crippen LogP contribution is -2.00. The van der Waals surface area contributed by atoms with Crippen LogP contribution >= 0.6 is 27.5 Å². The lowest BCUT2D eigenvalue weighted by Gasteiger charge is -2.12. The fourth-order valence-electron chi connectivity index (χ4n) is 1.45. The zero-order valence-corrected chi connectivity index (χ0v) is 11.9. The maximum Gasteiger partial charge on any atom is 0.155 e. The molecule has 0 aliphatic heterocycles. The molecule has 4 nitrogen and oxygen atoms in total. The number of hydrogen-bond donors (Lipinski definition) is 2. The van der Waals surface area contributed by atoms with E-state index < -0.39 is 0 Å². The second-order valence-corrected chi connectivity index (χ2v) is 4.84. The predicted molar refractivity (Wildman–Crippen MR) is 77.6 cm³/mol. The van der Waals surface area contributed by atoms with Crippen LogP contribution in [0.2, 0.25) is 5.15 Å². The number of methoxy groups -OCH3 is 1. The highest BCUT2D eigenvalue weighted by molar-refractivity contribution is 9.10. The molecule has 3 N–H and O–H groups in total. The van der Waals surface area contributed by atoms with E-state index in [1.165, 1.54) is 0 Å². The van der Waals surface area contributed by atoms with Gasteiger partial charge in [-0.25, -0.2) is 4.98 Å². The summed E-state index contributed by atoms with van der Waals surface area (Å²) in [5, 5.41) is 3.47. The van der Waals surface area contributed by atoms with Crippen LogP contribution in [0.15, 0.2) is 34.8 Å². The quantitative estimate of drug-likeness (QED) is 0.841. The van der Waals surface area contributed by atoms with E-state index >= 15 is 0 Å². The number of nitrogens with one attached hydrogen (secondary N) is 1. The molecule has 0 amide bonds. The van der Waals surface area contributed by atoms with Gasteiger partial charge in [0.25, 0.3) is 0 Å². The van der Waals surface area contributed by atoms with E-state index in [2.05, 4.69) is 26.2 Å². The van der Waals surface area contributed by atoms with Crippen LogP contribution in [0.5, 0.6) is 5.75 Å². The van der Waals surface area contributed by atoms with Crippen LogP contribution in [0.3, 0.4) is 0 Å². The summed E-state index contributed by atoms with van der Waals surface area (Å²) in [7, 11) is 1.60. The lowest BCUT2D eigenvalue weighted by atomic mass is 10.3. The van der Waals surface area contributed by atoms with Gasteiger partial charge in [0.05, 0.1) is 18.5 Å². The van der Waals surface area contributed by atoms with E-state index in [4.69, 9.17) is 22.1 Å². The molecule has 2 rings (SSSR count). The zero-order valence-electron chi connectivity index (χ0n) is 9.58. The summed E-state index contributed by atoms with van der Waals surface area (Å²) < 4.78 is 6.18. The van der Waals surface area contributed by atoms with Gasteiger partial charge in [-0.15, -0.1) is 0 Å². The number of rotatable bonds is 3. The minimum absolute atomic E-state index is 0.376. The Balaban J connectivity index is 2.38. The fraction of sp³-hybridized carbons (Fsp3) is 0.0833. The first-order valence-electron chi connectivity index (χ1n) is 5.12. The Bertz CT molecular complexity index is 577. The normalized spacial score (nSPS) is 10.2. The van der Waals surface area contributed by atoms with Gasteiger partial charge in [0.15, 0.2) is 5.82 Å². The van der Waals surface area contributed by atoms with Crippen molar-refractivity contribution in [1.82, 2.24) is 4.98 Å². The summed E-state index contributed by atoms with van der Waals surface area (Å²) in [5.41, 5.74) is 7.10. The number of ether oxygens (including phenoxy) is 1. The van der Waals surface area contributed by atoms with Crippen molar-refractivity contribution in [2.24, 2.45) is 0 Å². The third kappa shape index (κ3) is 2.86. The average molecular weight is 329 g/mol. The number of aromatic nitrogens is 1. The molecule has 0 bridgehead atoms. The van der Waals surface area contributed by atoms with Gasteiger partial charge in [-0.3, -0.25) is 0 Å². The number of nitrogen functional groups attached to an aromatic ring is 1. The Kier molecular flexibility index (Phi) is 3.93. The molecule has 18 heavy (non-hydrogen) atoms. The van der Waals surface area contributed by atoms with Crippen LogP contribution in [-0.4, -0.2) is 12.1 Å². The summed E-state index contributed by atoms with van der Waals surface area (Å²) in [4.78, 5) is 4.13. The Morgan fingerprint density at radius 3 is 2.83 bits per heavy atom. The molecule has 0 fully saturated rings. The SMILES string of the molecule is COc1ccc(Br)cc1Nc1nc(Cl)ccc1N. The van der Waals surface area contributed by atoms with Crippen LogP contribution in [0, 0.1) is 0 Å². The van der Waals surface area contributed by atoms with Gasteiger partial charge in [0.1, 0.15) is 10.9 Å². The highest BCUT2D eigenvalue weighted by atomic mass is 79.9. The molecule has 0 saturated heterocycles. The van der Waals surface area contributed by atoms with Crippen LogP contribution < -0.4 is 15.8 Å². The van der Waals surface area contributed by atoms with Crippen molar-refractivity contribution >= 4 is 44.7 Å². The monoisotopic (exact) mass is 327 g/mol. The van der Waals surface area contributed by atoms with E-state index in [0.717, 1.165) is 10.2 Å². The minimum atomic E-state index is 0.376. The van der Waals surface area contributed by atoms with Gasteiger partial charge < -0.3 is 15.8 Å². The Hall–Kier alpha value is -1.46. The first-order valence-corrected chi connectivity index (χ1v) is 6.30. The smallest absolute Gasteiger partial charge is 0.155 e. The van der Waals surface area contributed by atoms with Crippen LogP contribution in [0.25, 0.3) is 0 Å². The van der Waals surface area contributed by atoms with Gasteiger partial charge in [-0.2, -0.15) is 0 Å². The van der Waals surface area contributed by atoms with Gasteiger partial charge >= 0.3 is 0 Å². The molecule has 0 radical (unpaired) electrons. The van der Waals surface area contributed by atoms with Crippen LogP contribution in [0.1, 0.15) is 0 Å². The second kappa shape index (κ2) is 5.46. The van der Waals surface area contributed by atoms with Gasteiger partial charge in [0.2, 0.25) is 0 Å². The summed E-state index contributed by atoms with van der Waals surface area (Å²) in [6.07, 6.45) is 0. The first-order chi connectivity index (χ1) is 8.60. The highest BCUT2D eigenvalue weighted by Crippen LogP contribution is 2.32. The minimum Gasteiger partial charge on any atom is -0.495 e. The molecule has 94 valence electrons. The summed E-state index contributed by atoms with van der Waals surface area (Å²) in [6, 6.07) is 8.94. The lowest BCUT2D eigenvalue weighted by molar-refractivity contribution is 0.416. The number of halogens is 2. The Labute approximate surface area is 118 Å². The fourth-order valence-corrected chi connectivity index (χ4v) is 1.96. The van der Waals surface area contributed by atoms with Crippen molar-refractivity contribution in [3.05, 3.63) is 40.0 Å². The zero-order chi connectivity index (χ0) is 13.1. The molecule has 0 spiro atoms. The van der Waals surface area contributed by atoms with Gasteiger partial charge in [-0.05, 0) is 30.3 Å². The largest absolute Gasteiger partial charge is 0.495 e. The molecule has 0 aliphatic carbocycles. The van der Waals surface area contributed by atoms with Gasteiger partial charge in [-0.1, -0.05) is 27.5 Å². The molecular weight excluding hydrogens is 318 g/mol. The van der Waals surface area contributed by atoms with Crippen LogP contribution in [-0.2, 0) is 0 Å². The Morgan fingerprint density at radius 2 is 2.11 bits per heavy atom. The molecule has 1 aromatic carbocycles. The molecule has 6 heteroatoms. The molecule has 1 aromatic heterocycles. The van der Waals surface area contributed by atoms with E-state index in [9.17, 15) is 0 Å². The first kappa shape index (κ1) is 13.0. The topological polar surface area (TPSA) is 60.2 Å². The molecule has 1 heterocycles. The van der Waals surface area contributed by atoms with Crippen molar-refractivity contribution in [2.45, 2.75) is 0 Å². The summed E-state index contributed by atoms with van der Waals surface area (Å²) >= 11 is 9.24. The van der Waals surface area contributed by atoms with Crippen molar-refractivity contribution in [3.63, 3.8) is 0 Å². The molecule has 2 aromatic rings. The molecular formula is C12H11BrClN3O. The van der Waals surface area contributed by atoms with E-state index in [1.54, 1.807) is 19.2 Å². The van der Waals surface area contributed by atoms with Crippen molar-refractivity contribution < 1.29 is 4.74 Å². The second-order valence-electron chi connectivity index (χ2n) is 3.54. The standard InChI is InChI=1S/C12H11BrClN3O/c1-18-10-4-2-7(13)6-9(10)16-12-8(15)3-5-11(14)17-12/h2-6H,15H2,1H3,(H,16,17). The molecule has 0 aliphatic rings. The number of pyridine rings is 1. The van der Waals surface area contributed by atoms with E-state index in [1.807, 2.05) is 18.2 Å². The third-order valence-electron chi connectivity index (χ3n) is 2.31. The third-order valence-corrected chi connectivity index (χ3v) is 3.01. The van der Waals surface area contributed by atoms with Crippen molar-refractivity contribution in [2.75, 3.05) is 18.2 Å². The number of hydrogen-bond acceptors (Lipinski definition) is 4. The maximum atomic E-state index is 5.84. The Morgan fingerprint density at radius 1 is 1.33 bits per heavy atom.